The summed E-state index contributed by atoms with van der Waals surface area (Å²) in [6.07, 6.45) is 0. The standard InChI is InChI=1S/C23H16Cl2N2O/c1-14-10-11-19-16(12-14)17(13-21(26-19)15-6-3-2-4-7-15)23(28)27-20-9-5-8-18(24)22(20)25/h2-13H,1H3,(H,27,28). The van der Waals surface area contributed by atoms with Gasteiger partial charge in [0.15, 0.2) is 0 Å². The molecule has 3 nitrogen and oxygen atoms in total. The summed E-state index contributed by atoms with van der Waals surface area (Å²) in [5, 5.41) is 4.37. The molecule has 0 fully saturated rings. The van der Waals surface area contributed by atoms with Crippen LogP contribution in [0.25, 0.3) is 22.2 Å². The number of pyridine rings is 1. The third kappa shape index (κ3) is 3.59. The smallest absolute Gasteiger partial charge is 0.256 e. The van der Waals surface area contributed by atoms with E-state index >= 15 is 0 Å². The lowest BCUT2D eigenvalue weighted by molar-refractivity contribution is 0.102. The zero-order valence-corrected chi connectivity index (χ0v) is 16.6. The largest absolute Gasteiger partial charge is 0.321 e. The van der Waals surface area contributed by atoms with Crippen LogP contribution in [0.3, 0.4) is 0 Å². The van der Waals surface area contributed by atoms with Crippen LogP contribution in [-0.2, 0) is 0 Å². The molecule has 0 radical (unpaired) electrons. The number of benzene rings is 3. The van der Waals surface area contributed by atoms with E-state index < -0.39 is 0 Å². The predicted octanol–water partition coefficient (Wildman–Crippen LogP) is 6.77. The molecule has 0 aliphatic rings. The van der Waals surface area contributed by atoms with Crippen molar-refractivity contribution in [3.8, 4) is 11.3 Å². The third-order valence-corrected chi connectivity index (χ3v) is 5.30. The van der Waals surface area contributed by atoms with Gasteiger partial charge >= 0.3 is 0 Å². The summed E-state index contributed by atoms with van der Waals surface area (Å²) in [6, 6.07) is 22.6. The topological polar surface area (TPSA) is 42.0 Å². The highest BCUT2D eigenvalue weighted by molar-refractivity contribution is 6.44. The summed E-state index contributed by atoms with van der Waals surface area (Å²) >= 11 is 12.3. The summed E-state index contributed by atoms with van der Waals surface area (Å²) in [5.41, 5.74) is 4.49. The molecule has 0 aliphatic carbocycles. The van der Waals surface area contributed by atoms with Gasteiger partial charge in [-0.3, -0.25) is 4.79 Å². The SMILES string of the molecule is Cc1ccc2nc(-c3ccccc3)cc(C(=O)Nc3cccc(Cl)c3Cl)c2c1. The van der Waals surface area contributed by atoms with Gasteiger partial charge in [-0.05, 0) is 37.3 Å². The van der Waals surface area contributed by atoms with E-state index in [0.29, 0.717) is 21.3 Å². The molecule has 1 aromatic heterocycles. The molecule has 4 aromatic rings. The number of aromatic nitrogens is 1. The second kappa shape index (κ2) is 7.63. The minimum absolute atomic E-state index is 0.264. The Labute approximate surface area is 172 Å². The van der Waals surface area contributed by atoms with Crippen LogP contribution >= 0.6 is 23.2 Å². The van der Waals surface area contributed by atoms with E-state index in [1.54, 1.807) is 18.2 Å². The van der Waals surface area contributed by atoms with E-state index in [2.05, 4.69) is 5.32 Å². The number of amides is 1. The molecule has 3 aromatic carbocycles. The number of fused-ring (bicyclic) bond motifs is 1. The number of nitrogens with one attached hydrogen (secondary N) is 1. The lowest BCUT2D eigenvalue weighted by atomic mass is 10.0. The average Bonchev–Trinajstić information content (AvgIpc) is 2.71. The van der Waals surface area contributed by atoms with Crippen molar-refractivity contribution in [2.45, 2.75) is 6.92 Å². The van der Waals surface area contributed by atoms with E-state index in [1.165, 1.54) is 0 Å². The Morgan fingerprint density at radius 3 is 2.50 bits per heavy atom. The van der Waals surface area contributed by atoms with Crippen molar-refractivity contribution >= 4 is 45.7 Å². The normalized spacial score (nSPS) is 10.8. The lowest BCUT2D eigenvalue weighted by Gasteiger charge is -2.12. The molecule has 0 aliphatic heterocycles. The monoisotopic (exact) mass is 406 g/mol. The zero-order valence-electron chi connectivity index (χ0n) is 15.0. The van der Waals surface area contributed by atoms with E-state index in [9.17, 15) is 4.79 Å². The number of hydrogen-bond donors (Lipinski definition) is 1. The first-order valence-electron chi connectivity index (χ1n) is 8.75. The third-order valence-electron chi connectivity index (χ3n) is 4.48. The summed E-state index contributed by atoms with van der Waals surface area (Å²) in [6.45, 7) is 1.99. The Morgan fingerprint density at radius 1 is 0.929 bits per heavy atom. The van der Waals surface area contributed by atoms with Crippen LogP contribution in [0, 0.1) is 6.92 Å². The minimum Gasteiger partial charge on any atom is -0.321 e. The number of aryl methyl sites for hydroxylation is 1. The average molecular weight is 407 g/mol. The van der Waals surface area contributed by atoms with Gasteiger partial charge in [-0.25, -0.2) is 4.98 Å². The number of rotatable bonds is 3. The van der Waals surface area contributed by atoms with Crippen molar-refractivity contribution in [2.24, 2.45) is 0 Å². The van der Waals surface area contributed by atoms with Crippen molar-refractivity contribution in [1.29, 1.82) is 0 Å². The van der Waals surface area contributed by atoms with Crippen molar-refractivity contribution < 1.29 is 4.79 Å². The molecule has 0 unspecified atom stereocenters. The summed E-state index contributed by atoms with van der Waals surface area (Å²) in [4.78, 5) is 17.9. The van der Waals surface area contributed by atoms with Crippen molar-refractivity contribution in [3.63, 3.8) is 0 Å². The van der Waals surface area contributed by atoms with E-state index in [4.69, 9.17) is 28.2 Å². The number of nitrogens with zero attached hydrogens (tertiary/aromatic N) is 1. The highest BCUT2D eigenvalue weighted by Crippen LogP contribution is 2.31. The summed E-state index contributed by atoms with van der Waals surface area (Å²) in [7, 11) is 0. The molecule has 0 saturated heterocycles. The number of anilines is 1. The Morgan fingerprint density at radius 2 is 1.71 bits per heavy atom. The lowest BCUT2D eigenvalue weighted by Crippen LogP contribution is -2.13. The van der Waals surface area contributed by atoms with Gasteiger partial charge in [-0.15, -0.1) is 0 Å². The molecular formula is C23H16Cl2N2O. The Hall–Kier alpha value is -2.88. The zero-order chi connectivity index (χ0) is 19.7. The predicted molar refractivity (Wildman–Crippen MR) is 116 cm³/mol. The maximum absolute atomic E-state index is 13.1. The second-order valence-electron chi connectivity index (χ2n) is 6.50. The number of carbonyl (C=O) groups is 1. The number of halogens is 2. The number of hydrogen-bond acceptors (Lipinski definition) is 2. The van der Waals surface area contributed by atoms with Gasteiger partial charge in [-0.2, -0.15) is 0 Å². The first-order chi connectivity index (χ1) is 13.5. The Balaban J connectivity index is 1.85. The van der Waals surface area contributed by atoms with E-state index in [1.807, 2.05) is 61.5 Å². The van der Waals surface area contributed by atoms with Crippen LogP contribution in [0.15, 0.2) is 72.8 Å². The fraction of sp³-hybridized carbons (Fsp3) is 0.0435. The molecule has 1 heterocycles. The second-order valence-corrected chi connectivity index (χ2v) is 7.28. The van der Waals surface area contributed by atoms with Crippen LogP contribution < -0.4 is 5.32 Å². The Bertz CT molecular complexity index is 1190. The fourth-order valence-corrected chi connectivity index (χ4v) is 3.42. The molecule has 5 heteroatoms. The summed E-state index contributed by atoms with van der Waals surface area (Å²) in [5.74, 6) is -0.264. The molecular weight excluding hydrogens is 391 g/mol. The highest BCUT2D eigenvalue weighted by Gasteiger charge is 2.16. The van der Waals surface area contributed by atoms with Crippen molar-refractivity contribution in [1.82, 2.24) is 4.98 Å². The van der Waals surface area contributed by atoms with Gasteiger partial charge in [-0.1, -0.05) is 71.2 Å². The molecule has 0 bridgehead atoms. The minimum atomic E-state index is -0.264. The first kappa shape index (κ1) is 18.5. The molecule has 0 spiro atoms. The van der Waals surface area contributed by atoms with Gasteiger partial charge in [0.05, 0.1) is 32.5 Å². The molecule has 1 amide bonds. The number of carbonyl (C=O) groups excluding carboxylic acids is 1. The Kier molecular flexibility index (Phi) is 5.03. The van der Waals surface area contributed by atoms with E-state index in [-0.39, 0.29) is 5.91 Å². The summed E-state index contributed by atoms with van der Waals surface area (Å²) < 4.78 is 0. The van der Waals surface area contributed by atoms with Gasteiger partial charge in [0.25, 0.3) is 5.91 Å². The van der Waals surface area contributed by atoms with Crippen LogP contribution in [0.5, 0.6) is 0 Å². The van der Waals surface area contributed by atoms with Crippen molar-refractivity contribution in [3.05, 3.63) is 94.0 Å². The van der Waals surface area contributed by atoms with E-state index in [0.717, 1.165) is 27.7 Å². The van der Waals surface area contributed by atoms with Crippen molar-refractivity contribution in [2.75, 3.05) is 5.32 Å². The maximum Gasteiger partial charge on any atom is 0.256 e. The highest BCUT2D eigenvalue weighted by atomic mass is 35.5. The first-order valence-corrected chi connectivity index (χ1v) is 9.51. The molecule has 1 N–H and O–H groups in total. The molecule has 4 rings (SSSR count). The molecule has 28 heavy (non-hydrogen) atoms. The van der Waals surface area contributed by atoms with Gasteiger partial charge < -0.3 is 5.32 Å². The molecule has 0 saturated carbocycles. The van der Waals surface area contributed by atoms with Gasteiger partial charge in [0.1, 0.15) is 0 Å². The van der Waals surface area contributed by atoms with Gasteiger partial charge in [0, 0.05) is 10.9 Å². The van der Waals surface area contributed by atoms with Crippen LogP contribution in [0.4, 0.5) is 5.69 Å². The maximum atomic E-state index is 13.1. The molecule has 138 valence electrons. The van der Waals surface area contributed by atoms with Crippen LogP contribution in [0.2, 0.25) is 10.0 Å². The van der Waals surface area contributed by atoms with Crippen LogP contribution in [-0.4, -0.2) is 10.9 Å². The molecule has 0 atom stereocenters. The van der Waals surface area contributed by atoms with Crippen LogP contribution in [0.1, 0.15) is 15.9 Å². The van der Waals surface area contributed by atoms with Gasteiger partial charge in [0.2, 0.25) is 0 Å². The fourth-order valence-electron chi connectivity index (χ4n) is 3.07. The quantitative estimate of drug-likeness (QED) is 0.407.